The van der Waals surface area contributed by atoms with Gasteiger partial charge in [-0.05, 0) is 24.5 Å². The Morgan fingerprint density at radius 3 is 2.53 bits per heavy atom. The van der Waals surface area contributed by atoms with Gasteiger partial charge in [-0.3, -0.25) is 4.79 Å². The molecule has 0 bridgehead atoms. The Morgan fingerprint density at radius 2 is 1.82 bits per heavy atom. The molecule has 1 aliphatic rings. The number of benzene rings is 1. The Balaban J connectivity index is 1.82. The van der Waals surface area contributed by atoms with E-state index in [1.54, 1.807) is 6.08 Å². The largest absolute Gasteiger partial charge is 0.350 e. The minimum atomic E-state index is 0.0285. The van der Waals surface area contributed by atoms with E-state index in [1.165, 1.54) is 19.3 Å². The van der Waals surface area contributed by atoms with Crippen LogP contribution >= 0.6 is 0 Å². The number of carbonyl (C=O) groups excluding carboxylic acids is 1. The number of hydrogen-bond acceptors (Lipinski definition) is 1. The molecule has 0 heterocycles. The van der Waals surface area contributed by atoms with Crippen molar-refractivity contribution in [3.05, 3.63) is 42.0 Å². The van der Waals surface area contributed by atoms with Crippen LogP contribution < -0.4 is 5.32 Å². The number of rotatable bonds is 3. The van der Waals surface area contributed by atoms with E-state index < -0.39 is 0 Å². The third-order valence-electron chi connectivity index (χ3n) is 3.18. The lowest BCUT2D eigenvalue weighted by Gasteiger charge is -2.21. The summed E-state index contributed by atoms with van der Waals surface area (Å²) in [5.74, 6) is 0.0285. The van der Waals surface area contributed by atoms with Crippen molar-refractivity contribution in [3.8, 4) is 0 Å². The second-order valence-corrected chi connectivity index (χ2v) is 4.59. The average Bonchev–Trinajstić information content (AvgIpc) is 2.39. The third kappa shape index (κ3) is 4.06. The van der Waals surface area contributed by atoms with E-state index in [9.17, 15) is 4.79 Å². The topological polar surface area (TPSA) is 29.1 Å². The molecule has 1 aliphatic carbocycles. The fourth-order valence-corrected chi connectivity index (χ4v) is 2.23. The second kappa shape index (κ2) is 6.24. The maximum absolute atomic E-state index is 11.7. The van der Waals surface area contributed by atoms with Crippen LogP contribution in [-0.2, 0) is 4.79 Å². The van der Waals surface area contributed by atoms with Crippen LogP contribution in [0.2, 0.25) is 0 Å². The molecule has 1 fully saturated rings. The zero-order chi connectivity index (χ0) is 11.9. The van der Waals surface area contributed by atoms with Gasteiger partial charge in [-0.25, -0.2) is 0 Å². The van der Waals surface area contributed by atoms with E-state index in [0.717, 1.165) is 18.4 Å². The number of carbonyl (C=O) groups is 1. The molecule has 1 aromatic rings. The summed E-state index contributed by atoms with van der Waals surface area (Å²) in [5, 5.41) is 3.06. The average molecular weight is 229 g/mol. The highest BCUT2D eigenvalue weighted by molar-refractivity contribution is 5.91. The first kappa shape index (κ1) is 11.9. The van der Waals surface area contributed by atoms with Crippen LogP contribution in [0, 0.1) is 0 Å². The van der Waals surface area contributed by atoms with Crippen LogP contribution in [0.5, 0.6) is 0 Å². The quantitative estimate of drug-likeness (QED) is 0.793. The lowest BCUT2D eigenvalue weighted by molar-refractivity contribution is -0.117. The highest BCUT2D eigenvalue weighted by Gasteiger charge is 2.13. The van der Waals surface area contributed by atoms with Crippen molar-refractivity contribution in [2.24, 2.45) is 0 Å². The molecule has 1 saturated carbocycles. The first-order chi connectivity index (χ1) is 8.34. The van der Waals surface area contributed by atoms with E-state index in [4.69, 9.17) is 0 Å². The fourth-order valence-electron chi connectivity index (χ4n) is 2.23. The van der Waals surface area contributed by atoms with Crippen molar-refractivity contribution in [2.75, 3.05) is 0 Å². The first-order valence-electron chi connectivity index (χ1n) is 6.38. The Kier molecular flexibility index (Phi) is 4.37. The standard InChI is InChI=1S/C15H19NO/c17-15(16-14-9-5-2-6-10-14)12-11-13-7-3-1-4-8-13/h1,3-4,7-8,11-12,14H,2,5-6,9-10H2,(H,16,17)/b12-11-. The Hall–Kier alpha value is -1.57. The summed E-state index contributed by atoms with van der Waals surface area (Å²) < 4.78 is 0. The summed E-state index contributed by atoms with van der Waals surface area (Å²) in [7, 11) is 0. The van der Waals surface area contributed by atoms with Gasteiger partial charge in [0, 0.05) is 12.1 Å². The van der Waals surface area contributed by atoms with E-state index in [0.29, 0.717) is 6.04 Å². The van der Waals surface area contributed by atoms with Crippen LogP contribution in [-0.4, -0.2) is 11.9 Å². The lowest BCUT2D eigenvalue weighted by atomic mass is 9.95. The minimum absolute atomic E-state index is 0.0285. The van der Waals surface area contributed by atoms with Gasteiger partial charge in [0.15, 0.2) is 0 Å². The minimum Gasteiger partial charge on any atom is -0.350 e. The van der Waals surface area contributed by atoms with Crippen molar-refractivity contribution < 1.29 is 4.79 Å². The highest BCUT2D eigenvalue weighted by atomic mass is 16.1. The molecule has 1 aromatic carbocycles. The molecule has 17 heavy (non-hydrogen) atoms. The van der Waals surface area contributed by atoms with Gasteiger partial charge in [-0.1, -0.05) is 49.6 Å². The van der Waals surface area contributed by atoms with Gasteiger partial charge >= 0.3 is 0 Å². The SMILES string of the molecule is O=C(/C=C\c1ccccc1)NC1CCCCC1. The molecule has 0 aliphatic heterocycles. The molecule has 0 atom stereocenters. The zero-order valence-corrected chi connectivity index (χ0v) is 10.1. The Morgan fingerprint density at radius 1 is 1.12 bits per heavy atom. The van der Waals surface area contributed by atoms with Gasteiger partial charge in [0.1, 0.15) is 0 Å². The van der Waals surface area contributed by atoms with Crippen LogP contribution in [0.4, 0.5) is 0 Å². The normalized spacial score (nSPS) is 17.2. The summed E-state index contributed by atoms with van der Waals surface area (Å²) >= 11 is 0. The van der Waals surface area contributed by atoms with Crippen LogP contribution in [0.1, 0.15) is 37.7 Å². The fraction of sp³-hybridized carbons (Fsp3) is 0.400. The van der Waals surface area contributed by atoms with Gasteiger partial charge in [0.05, 0.1) is 0 Å². The van der Waals surface area contributed by atoms with Gasteiger partial charge in [0.25, 0.3) is 0 Å². The molecule has 0 radical (unpaired) electrons. The summed E-state index contributed by atoms with van der Waals surface area (Å²) in [6, 6.07) is 10.3. The molecule has 2 heteroatoms. The molecule has 0 unspecified atom stereocenters. The predicted octanol–water partition coefficient (Wildman–Crippen LogP) is 3.15. The molecule has 1 amide bonds. The summed E-state index contributed by atoms with van der Waals surface area (Å²) in [6.45, 7) is 0. The Labute approximate surface area is 103 Å². The van der Waals surface area contributed by atoms with Crippen molar-refractivity contribution >= 4 is 12.0 Å². The van der Waals surface area contributed by atoms with E-state index in [2.05, 4.69) is 5.32 Å². The van der Waals surface area contributed by atoms with Crippen molar-refractivity contribution in [3.63, 3.8) is 0 Å². The maximum Gasteiger partial charge on any atom is 0.244 e. The van der Waals surface area contributed by atoms with E-state index >= 15 is 0 Å². The molecular weight excluding hydrogens is 210 g/mol. The van der Waals surface area contributed by atoms with E-state index in [1.807, 2.05) is 36.4 Å². The second-order valence-electron chi connectivity index (χ2n) is 4.59. The maximum atomic E-state index is 11.7. The molecule has 2 nitrogen and oxygen atoms in total. The molecule has 0 spiro atoms. The monoisotopic (exact) mass is 229 g/mol. The zero-order valence-electron chi connectivity index (χ0n) is 10.1. The number of amides is 1. The third-order valence-corrected chi connectivity index (χ3v) is 3.18. The van der Waals surface area contributed by atoms with Crippen LogP contribution in [0.25, 0.3) is 6.08 Å². The van der Waals surface area contributed by atoms with E-state index in [-0.39, 0.29) is 5.91 Å². The summed E-state index contributed by atoms with van der Waals surface area (Å²) in [5.41, 5.74) is 1.06. The van der Waals surface area contributed by atoms with Gasteiger partial charge in [-0.2, -0.15) is 0 Å². The molecule has 2 rings (SSSR count). The lowest BCUT2D eigenvalue weighted by Crippen LogP contribution is -2.34. The van der Waals surface area contributed by atoms with Gasteiger partial charge in [-0.15, -0.1) is 0 Å². The highest BCUT2D eigenvalue weighted by Crippen LogP contribution is 2.17. The number of nitrogens with one attached hydrogen (secondary N) is 1. The smallest absolute Gasteiger partial charge is 0.244 e. The number of hydrogen-bond donors (Lipinski definition) is 1. The molecular formula is C15H19NO. The first-order valence-corrected chi connectivity index (χ1v) is 6.38. The molecule has 0 saturated heterocycles. The van der Waals surface area contributed by atoms with Crippen molar-refractivity contribution in [1.29, 1.82) is 0 Å². The van der Waals surface area contributed by atoms with Crippen molar-refractivity contribution in [1.82, 2.24) is 5.32 Å². The molecule has 1 N–H and O–H groups in total. The van der Waals surface area contributed by atoms with Crippen LogP contribution in [0.3, 0.4) is 0 Å². The molecule has 0 aromatic heterocycles. The van der Waals surface area contributed by atoms with Crippen LogP contribution in [0.15, 0.2) is 36.4 Å². The summed E-state index contributed by atoms with van der Waals surface area (Å²) in [6.07, 6.45) is 9.55. The van der Waals surface area contributed by atoms with Gasteiger partial charge in [0.2, 0.25) is 5.91 Å². The molecule has 90 valence electrons. The van der Waals surface area contributed by atoms with Crippen molar-refractivity contribution in [2.45, 2.75) is 38.1 Å². The summed E-state index contributed by atoms with van der Waals surface area (Å²) in [4.78, 5) is 11.7. The Bertz CT molecular complexity index is 377. The van der Waals surface area contributed by atoms with Gasteiger partial charge < -0.3 is 5.32 Å². The predicted molar refractivity (Wildman–Crippen MR) is 70.5 cm³/mol.